The van der Waals surface area contributed by atoms with Crippen molar-refractivity contribution in [2.75, 3.05) is 7.11 Å². The Labute approximate surface area is 151 Å². The second-order valence-corrected chi connectivity index (χ2v) is 5.91. The molecule has 3 aromatic rings. The van der Waals surface area contributed by atoms with Gasteiger partial charge >= 0.3 is 0 Å². The Morgan fingerprint density at radius 3 is 2.65 bits per heavy atom. The minimum Gasteiger partial charge on any atom is -0.496 e. The Balaban J connectivity index is 1.88. The number of hydrogen-bond acceptors (Lipinski definition) is 3. The standard InChI is InChI=1S/C20H20FN3O2/c1-24-12-11-22-20(24)19(15-8-4-5-9-16(15)21)23-18(25)13-14-7-3-6-10-17(14)26-2/h3-12,19H,13H2,1-2H3,(H,23,25). The molecule has 1 unspecified atom stereocenters. The summed E-state index contributed by atoms with van der Waals surface area (Å²) in [4.78, 5) is 16.9. The summed E-state index contributed by atoms with van der Waals surface area (Å²) in [7, 11) is 3.37. The van der Waals surface area contributed by atoms with Gasteiger partial charge in [-0.3, -0.25) is 4.79 Å². The van der Waals surface area contributed by atoms with Gasteiger partial charge in [0.05, 0.1) is 13.5 Å². The van der Waals surface area contributed by atoms with Crippen molar-refractivity contribution in [2.45, 2.75) is 12.5 Å². The number of aryl methyl sites for hydroxylation is 1. The molecule has 134 valence electrons. The van der Waals surface area contributed by atoms with E-state index in [1.165, 1.54) is 6.07 Å². The molecule has 1 atom stereocenters. The monoisotopic (exact) mass is 353 g/mol. The number of hydrogen-bond donors (Lipinski definition) is 1. The number of nitrogens with one attached hydrogen (secondary N) is 1. The van der Waals surface area contributed by atoms with Gasteiger partial charge in [0, 0.05) is 30.6 Å². The maximum absolute atomic E-state index is 14.4. The van der Waals surface area contributed by atoms with E-state index < -0.39 is 11.9 Å². The summed E-state index contributed by atoms with van der Waals surface area (Å²) in [6, 6.07) is 13.0. The van der Waals surface area contributed by atoms with E-state index in [-0.39, 0.29) is 12.3 Å². The first-order valence-corrected chi connectivity index (χ1v) is 8.23. The van der Waals surface area contributed by atoms with E-state index >= 15 is 0 Å². The minimum atomic E-state index is -0.682. The number of imidazole rings is 1. The first-order chi connectivity index (χ1) is 12.6. The van der Waals surface area contributed by atoms with Gasteiger partial charge in [-0.1, -0.05) is 36.4 Å². The molecule has 0 radical (unpaired) electrons. The summed E-state index contributed by atoms with van der Waals surface area (Å²) in [5.41, 5.74) is 1.13. The van der Waals surface area contributed by atoms with Crippen molar-refractivity contribution < 1.29 is 13.9 Å². The van der Waals surface area contributed by atoms with Crippen LogP contribution in [0.2, 0.25) is 0 Å². The third-order valence-corrected chi connectivity index (χ3v) is 4.18. The molecule has 0 saturated heterocycles. The molecular formula is C20H20FN3O2. The average molecular weight is 353 g/mol. The van der Waals surface area contributed by atoms with Crippen LogP contribution in [0.3, 0.4) is 0 Å². The predicted octanol–water partition coefficient (Wildman–Crippen LogP) is 3.02. The van der Waals surface area contributed by atoms with Gasteiger partial charge in [-0.05, 0) is 12.1 Å². The maximum Gasteiger partial charge on any atom is 0.225 e. The molecule has 1 heterocycles. The van der Waals surface area contributed by atoms with E-state index in [4.69, 9.17) is 4.74 Å². The lowest BCUT2D eigenvalue weighted by atomic mass is 10.0. The predicted molar refractivity (Wildman–Crippen MR) is 96.3 cm³/mol. The van der Waals surface area contributed by atoms with Crippen LogP contribution in [-0.4, -0.2) is 22.6 Å². The number of para-hydroxylation sites is 1. The van der Waals surface area contributed by atoms with Crippen molar-refractivity contribution in [3.8, 4) is 5.75 Å². The lowest BCUT2D eigenvalue weighted by Crippen LogP contribution is -2.32. The molecule has 1 N–H and O–H groups in total. The molecule has 1 amide bonds. The van der Waals surface area contributed by atoms with Gasteiger partial charge in [0.2, 0.25) is 5.91 Å². The highest BCUT2D eigenvalue weighted by atomic mass is 19.1. The van der Waals surface area contributed by atoms with Crippen molar-refractivity contribution in [1.82, 2.24) is 14.9 Å². The molecule has 5 nitrogen and oxygen atoms in total. The summed E-state index contributed by atoms with van der Waals surface area (Å²) in [6.45, 7) is 0. The summed E-state index contributed by atoms with van der Waals surface area (Å²) in [6.07, 6.45) is 3.50. The highest BCUT2D eigenvalue weighted by Crippen LogP contribution is 2.24. The van der Waals surface area contributed by atoms with Gasteiger partial charge in [-0.2, -0.15) is 0 Å². The normalized spacial score (nSPS) is 11.8. The second-order valence-electron chi connectivity index (χ2n) is 5.91. The van der Waals surface area contributed by atoms with Crippen LogP contribution in [0.15, 0.2) is 60.9 Å². The molecule has 3 rings (SSSR count). The Morgan fingerprint density at radius 2 is 1.96 bits per heavy atom. The molecule has 0 fully saturated rings. The van der Waals surface area contributed by atoms with Gasteiger partial charge in [0.15, 0.2) is 0 Å². The SMILES string of the molecule is COc1ccccc1CC(=O)NC(c1ccccc1F)c1nccn1C. The van der Waals surface area contributed by atoms with Gasteiger partial charge in [0.25, 0.3) is 0 Å². The molecule has 0 bridgehead atoms. The molecule has 6 heteroatoms. The number of carbonyl (C=O) groups is 1. The van der Waals surface area contributed by atoms with E-state index in [0.29, 0.717) is 17.1 Å². The lowest BCUT2D eigenvalue weighted by molar-refractivity contribution is -0.121. The fourth-order valence-corrected chi connectivity index (χ4v) is 2.88. The van der Waals surface area contributed by atoms with E-state index in [0.717, 1.165) is 5.56 Å². The summed E-state index contributed by atoms with van der Waals surface area (Å²) in [5, 5.41) is 2.90. The molecule has 0 aliphatic carbocycles. The summed E-state index contributed by atoms with van der Waals surface area (Å²) >= 11 is 0. The third kappa shape index (κ3) is 3.74. The van der Waals surface area contributed by atoms with Gasteiger partial charge in [-0.15, -0.1) is 0 Å². The molecule has 1 aromatic heterocycles. The van der Waals surface area contributed by atoms with Crippen LogP contribution < -0.4 is 10.1 Å². The van der Waals surface area contributed by atoms with Gasteiger partial charge in [-0.25, -0.2) is 9.37 Å². The van der Waals surface area contributed by atoms with Crippen molar-refractivity contribution in [2.24, 2.45) is 7.05 Å². The number of carbonyl (C=O) groups excluding carboxylic acids is 1. The summed E-state index contributed by atoms with van der Waals surface area (Å²) in [5.74, 6) is 0.564. The van der Waals surface area contributed by atoms with Crippen molar-refractivity contribution in [3.05, 3.63) is 83.7 Å². The fraction of sp³-hybridized carbons (Fsp3) is 0.200. The fourth-order valence-electron chi connectivity index (χ4n) is 2.88. The van der Waals surface area contributed by atoms with Crippen LogP contribution in [-0.2, 0) is 18.3 Å². The van der Waals surface area contributed by atoms with Crippen LogP contribution in [0, 0.1) is 5.82 Å². The smallest absolute Gasteiger partial charge is 0.225 e. The number of halogens is 1. The molecule has 26 heavy (non-hydrogen) atoms. The third-order valence-electron chi connectivity index (χ3n) is 4.18. The largest absolute Gasteiger partial charge is 0.496 e. The quantitative estimate of drug-likeness (QED) is 0.741. The molecule has 0 spiro atoms. The number of amides is 1. The molecule has 0 saturated carbocycles. The number of ether oxygens (including phenoxy) is 1. The molecule has 2 aromatic carbocycles. The molecule has 0 aliphatic heterocycles. The minimum absolute atomic E-state index is 0.124. The molecular weight excluding hydrogens is 333 g/mol. The zero-order valence-corrected chi connectivity index (χ0v) is 14.6. The van der Waals surface area contributed by atoms with Crippen LogP contribution in [0.1, 0.15) is 23.0 Å². The number of methoxy groups -OCH3 is 1. The van der Waals surface area contributed by atoms with Crippen LogP contribution in [0.25, 0.3) is 0 Å². The van der Waals surface area contributed by atoms with Crippen LogP contribution in [0.4, 0.5) is 4.39 Å². The van der Waals surface area contributed by atoms with Gasteiger partial charge in [0.1, 0.15) is 23.4 Å². The number of benzene rings is 2. The summed E-state index contributed by atoms with van der Waals surface area (Å²) < 4.78 is 21.4. The van der Waals surface area contributed by atoms with Crippen molar-refractivity contribution >= 4 is 5.91 Å². The van der Waals surface area contributed by atoms with Crippen LogP contribution >= 0.6 is 0 Å². The van der Waals surface area contributed by atoms with E-state index in [2.05, 4.69) is 10.3 Å². The number of nitrogens with zero attached hydrogens (tertiary/aromatic N) is 2. The second kappa shape index (κ2) is 7.82. The number of rotatable bonds is 6. The maximum atomic E-state index is 14.4. The highest BCUT2D eigenvalue weighted by Gasteiger charge is 2.23. The van der Waals surface area contributed by atoms with E-state index in [1.807, 2.05) is 25.2 Å². The zero-order valence-electron chi connectivity index (χ0n) is 14.6. The van der Waals surface area contributed by atoms with E-state index in [9.17, 15) is 9.18 Å². The number of aromatic nitrogens is 2. The zero-order chi connectivity index (χ0) is 18.5. The highest BCUT2D eigenvalue weighted by molar-refractivity contribution is 5.80. The van der Waals surface area contributed by atoms with Crippen molar-refractivity contribution in [1.29, 1.82) is 0 Å². The first-order valence-electron chi connectivity index (χ1n) is 8.23. The Bertz CT molecular complexity index is 907. The Hall–Kier alpha value is -3.15. The Morgan fingerprint density at radius 1 is 1.23 bits per heavy atom. The topological polar surface area (TPSA) is 56.1 Å². The average Bonchev–Trinajstić information content (AvgIpc) is 3.06. The Kier molecular flexibility index (Phi) is 5.31. The first kappa shape index (κ1) is 17.7. The van der Waals surface area contributed by atoms with Crippen molar-refractivity contribution in [3.63, 3.8) is 0 Å². The van der Waals surface area contributed by atoms with E-state index in [1.54, 1.807) is 48.3 Å². The molecule has 0 aliphatic rings. The van der Waals surface area contributed by atoms with Crippen LogP contribution in [0.5, 0.6) is 5.75 Å². The lowest BCUT2D eigenvalue weighted by Gasteiger charge is -2.20. The van der Waals surface area contributed by atoms with Gasteiger partial charge < -0.3 is 14.6 Å².